The van der Waals surface area contributed by atoms with Crippen LogP contribution in [0.3, 0.4) is 0 Å². The Labute approximate surface area is 212 Å². The molecule has 1 fully saturated rings. The van der Waals surface area contributed by atoms with Gasteiger partial charge in [-0.25, -0.2) is 0 Å². The molecular weight excluding hydrogens is 452 g/mol. The number of ketones is 2. The Balaban J connectivity index is 1.70. The molecule has 0 aliphatic heterocycles. The lowest BCUT2D eigenvalue weighted by atomic mass is 9.46. The van der Waals surface area contributed by atoms with Crippen molar-refractivity contribution in [3.05, 3.63) is 83.5 Å². The maximum Gasteiger partial charge on any atom is 0.172 e. The van der Waals surface area contributed by atoms with Gasteiger partial charge in [-0.15, -0.1) is 0 Å². The van der Waals surface area contributed by atoms with Crippen molar-refractivity contribution in [3.8, 4) is 11.5 Å². The molecule has 2 bridgehead atoms. The number of methoxy groups -OCH3 is 2. The molecule has 1 saturated carbocycles. The molecule has 4 aliphatic rings. The highest BCUT2D eigenvalue weighted by Gasteiger charge is 2.69. The third kappa shape index (κ3) is 3.48. The summed E-state index contributed by atoms with van der Waals surface area (Å²) in [4.78, 5) is 27.9. The number of hydrogen-bond acceptors (Lipinski definition) is 5. The lowest BCUT2D eigenvalue weighted by molar-refractivity contribution is -0.163. The zero-order chi connectivity index (χ0) is 25.8. The number of fused-ring (bicyclic) bond motifs is 1. The van der Waals surface area contributed by atoms with Crippen LogP contribution in [0.15, 0.2) is 72.3 Å². The van der Waals surface area contributed by atoms with Crippen molar-refractivity contribution in [2.24, 2.45) is 29.1 Å². The van der Waals surface area contributed by atoms with Gasteiger partial charge < -0.3 is 14.6 Å². The van der Waals surface area contributed by atoms with Crippen LogP contribution >= 0.6 is 0 Å². The Morgan fingerprint density at radius 1 is 0.944 bits per heavy atom. The van der Waals surface area contributed by atoms with E-state index in [1.54, 1.807) is 21.1 Å². The minimum Gasteiger partial charge on any atom is -0.497 e. The highest BCUT2D eigenvalue weighted by atomic mass is 16.5. The topological polar surface area (TPSA) is 72.8 Å². The second-order valence-corrected chi connectivity index (χ2v) is 10.5. The molecule has 186 valence electrons. The highest BCUT2D eigenvalue weighted by molar-refractivity contribution is 6.26. The van der Waals surface area contributed by atoms with Gasteiger partial charge in [-0.3, -0.25) is 9.59 Å². The summed E-state index contributed by atoms with van der Waals surface area (Å²) in [6.07, 6.45) is 7.99. The number of benzene rings is 2. The summed E-state index contributed by atoms with van der Waals surface area (Å²) in [6, 6.07) is 15.1. The molecule has 5 heteroatoms. The summed E-state index contributed by atoms with van der Waals surface area (Å²) in [5, 5.41) is 11.4. The molecule has 1 N–H and O–H groups in total. The fraction of sp³-hybridized carbons (Fsp3) is 0.355. The van der Waals surface area contributed by atoms with Crippen LogP contribution in [0, 0.1) is 29.1 Å². The van der Waals surface area contributed by atoms with Gasteiger partial charge in [-0.05, 0) is 48.2 Å². The third-order valence-electron chi connectivity index (χ3n) is 8.20. The summed E-state index contributed by atoms with van der Waals surface area (Å²) in [6.45, 7) is 5.70. The van der Waals surface area contributed by atoms with Crippen molar-refractivity contribution < 1.29 is 24.2 Å². The van der Waals surface area contributed by atoms with Crippen molar-refractivity contribution in [2.75, 3.05) is 14.2 Å². The molecule has 0 aromatic heterocycles. The SMILES string of the molecule is COc1ccc(/C=C/[C@@]23C=C(c4ccc(OC)cc4)C(=O)[C@@H]2[C@@H]2C=C(C(C)C)[C@H]3C(=O)[C@]2(C)O)cc1. The molecular formula is C31H32O5. The fourth-order valence-electron chi connectivity index (χ4n) is 6.28. The van der Waals surface area contributed by atoms with Crippen LogP contribution in [0.4, 0.5) is 0 Å². The van der Waals surface area contributed by atoms with E-state index in [0.29, 0.717) is 11.3 Å². The zero-order valence-corrected chi connectivity index (χ0v) is 21.3. The molecule has 0 radical (unpaired) electrons. The van der Waals surface area contributed by atoms with Crippen LogP contribution < -0.4 is 9.47 Å². The van der Waals surface area contributed by atoms with Crippen molar-refractivity contribution in [1.29, 1.82) is 0 Å². The predicted octanol–water partition coefficient (Wildman–Crippen LogP) is 5.15. The maximum absolute atomic E-state index is 14.1. The van der Waals surface area contributed by atoms with Gasteiger partial charge in [0.25, 0.3) is 0 Å². The summed E-state index contributed by atoms with van der Waals surface area (Å²) in [7, 11) is 3.23. The third-order valence-corrected chi connectivity index (χ3v) is 8.20. The van der Waals surface area contributed by atoms with Crippen molar-refractivity contribution in [2.45, 2.75) is 26.4 Å². The average molecular weight is 485 g/mol. The van der Waals surface area contributed by atoms with Gasteiger partial charge in [-0.2, -0.15) is 0 Å². The van der Waals surface area contributed by atoms with Crippen LogP contribution in [0.5, 0.6) is 11.5 Å². The first-order valence-corrected chi connectivity index (χ1v) is 12.4. The molecule has 5 nitrogen and oxygen atoms in total. The van der Waals surface area contributed by atoms with Crippen LogP contribution in [0.1, 0.15) is 31.9 Å². The number of allylic oxidation sites excluding steroid dienone is 4. The summed E-state index contributed by atoms with van der Waals surface area (Å²) < 4.78 is 10.6. The average Bonchev–Trinajstić information content (AvgIpc) is 3.19. The van der Waals surface area contributed by atoms with Gasteiger partial charge in [0, 0.05) is 22.8 Å². The lowest BCUT2D eigenvalue weighted by Crippen LogP contribution is -2.64. The quantitative estimate of drug-likeness (QED) is 0.574. The highest BCUT2D eigenvalue weighted by Crippen LogP contribution is 2.64. The van der Waals surface area contributed by atoms with Crippen LogP contribution in [-0.4, -0.2) is 36.5 Å². The molecule has 36 heavy (non-hydrogen) atoms. The van der Waals surface area contributed by atoms with E-state index in [9.17, 15) is 14.7 Å². The van der Waals surface area contributed by atoms with E-state index >= 15 is 0 Å². The van der Waals surface area contributed by atoms with Crippen molar-refractivity contribution in [3.63, 3.8) is 0 Å². The van der Waals surface area contributed by atoms with Gasteiger partial charge >= 0.3 is 0 Å². The maximum atomic E-state index is 14.1. The summed E-state index contributed by atoms with van der Waals surface area (Å²) >= 11 is 0. The lowest BCUT2D eigenvalue weighted by Gasteiger charge is -2.56. The van der Waals surface area contributed by atoms with E-state index < -0.39 is 28.8 Å². The molecule has 4 aliphatic carbocycles. The Hall–Kier alpha value is -3.44. The number of aliphatic hydroxyl groups is 1. The number of rotatable bonds is 6. The number of ether oxygens (including phenoxy) is 2. The predicted molar refractivity (Wildman–Crippen MR) is 139 cm³/mol. The number of hydrogen-bond donors (Lipinski definition) is 1. The Kier molecular flexibility index (Phi) is 5.79. The monoisotopic (exact) mass is 484 g/mol. The van der Waals surface area contributed by atoms with Gasteiger partial charge in [0.1, 0.15) is 17.1 Å². The van der Waals surface area contributed by atoms with Crippen molar-refractivity contribution in [1.82, 2.24) is 0 Å². The van der Waals surface area contributed by atoms with Gasteiger partial charge in [0.05, 0.1) is 20.1 Å². The fourth-order valence-corrected chi connectivity index (χ4v) is 6.28. The minimum atomic E-state index is -1.59. The molecule has 0 heterocycles. The van der Waals surface area contributed by atoms with E-state index in [1.165, 1.54) is 0 Å². The van der Waals surface area contributed by atoms with Crippen LogP contribution in [0.25, 0.3) is 11.6 Å². The Morgan fingerprint density at radius 2 is 1.53 bits per heavy atom. The zero-order valence-electron chi connectivity index (χ0n) is 21.3. The van der Waals surface area contributed by atoms with E-state index in [1.807, 2.05) is 72.8 Å². The molecule has 0 saturated heterocycles. The standard InChI is InChI=1S/C31H32O5/c1-18(2)23-16-25-27-28(32)24(20-8-12-22(36-5)13-9-20)17-31(27,26(23)29(33)30(25,3)34)15-14-19-6-10-21(35-4)11-7-19/h6-18,25-27,34H,1-5H3/b15-14+/t25-,26-,27-,30+,31-/m0/s1. The summed E-state index contributed by atoms with van der Waals surface area (Å²) in [5.74, 6) is -0.463. The second kappa shape index (κ2) is 8.59. The molecule has 0 amide bonds. The number of Topliss-reactive ketones (excluding diaryl/α,β-unsaturated/α-hetero) is 2. The van der Waals surface area contributed by atoms with Crippen LogP contribution in [0.2, 0.25) is 0 Å². The first-order chi connectivity index (χ1) is 17.1. The Bertz CT molecular complexity index is 1290. The molecule has 5 atom stereocenters. The normalized spacial score (nSPS) is 31.0. The molecule has 0 unspecified atom stereocenters. The molecule has 0 spiro atoms. The number of carbonyl (C=O) groups is 2. The van der Waals surface area contributed by atoms with E-state index in [4.69, 9.17) is 9.47 Å². The summed E-state index contributed by atoms with van der Waals surface area (Å²) in [5.41, 5.74) is 0.853. The molecule has 2 aromatic carbocycles. The smallest absolute Gasteiger partial charge is 0.172 e. The minimum absolute atomic E-state index is 0.0404. The number of carbonyl (C=O) groups excluding carboxylic acids is 2. The van der Waals surface area contributed by atoms with E-state index in [0.717, 1.165) is 22.4 Å². The Morgan fingerprint density at radius 3 is 2.08 bits per heavy atom. The van der Waals surface area contributed by atoms with Gasteiger partial charge in [0.2, 0.25) is 0 Å². The second-order valence-electron chi connectivity index (χ2n) is 10.5. The van der Waals surface area contributed by atoms with Crippen molar-refractivity contribution >= 4 is 23.2 Å². The van der Waals surface area contributed by atoms with Crippen LogP contribution in [-0.2, 0) is 9.59 Å². The van der Waals surface area contributed by atoms with E-state index in [2.05, 4.69) is 13.8 Å². The van der Waals surface area contributed by atoms with Gasteiger partial charge in [-0.1, -0.05) is 68.0 Å². The molecule has 6 rings (SSSR count). The largest absolute Gasteiger partial charge is 0.497 e. The first kappa shape index (κ1) is 24.3. The molecule has 2 aromatic rings. The first-order valence-electron chi connectivity index (χ1n) is 12.4. The van der Waals surface area contributed by atoms with E-state index in [-0.39, 0.29) is 17.5 Å². The van der Waals surface area contributed by atoms with Gasteiger partial charge in [0.15, 0.2) is 11.6 Å².